The van der Waals surface area contributed by atoms with Crippen LogP contribution in [0.25, 0.3) is 22.1 Å². The predicted molar refractivity (Wildman–Crippen MR) is 391 cm³/mol. The van der Waals surface area contributed by atoms with Crippen molar-refractivity contribution < 1.29 is 31.8 Å². The molecule has 25 nitrogen and oxygen atoms in total. The normalized spacial score (nSPS) is 18.4. The van der Waals surface area contributed by atoms with Gasteiger partial charge in [-0.25, -0.2) is 66.8 Å². The van der Waals surface area contributed by atoms with Gasteiger partial charge < -0.3 is 50.0 Å². The second-order valence-corrected chi connectivity index (χ2v) is 25.9. The molecule has 31 heteroatoms. The number of anilines is 9. The number of aromatic nitrogens is 11. The minimum Gasteiger partial charge on any atom is -0.397 e. The molecule has 0 aliphatic carbocycles. The number of fused-ring (bicyclic) bond motifs is 2. The molecule has 14 rings (SSSR count). The van der Waals surface area contributed by atoms with Gasteiger partial charge in [0.05, 0.1) is 108 Å². The lowest BCUT2D eigenvalue weighted by atomic mass is 10.1. The summed E-state index contributed by atoms with van der Waals surface area (Å²) >= 11 is 3.15. The first-order valence-electron chi connectivity index (χ1n) is 34.2. The van der Waals surface area contributed by atoms with E-state index < -0.39 is 40.7 Å². The number of alkyl halides is 5. The minimum atomic E-state index is -0.822. The van der Waals surface area contributed by atoms with E-state index in [1.165, 1.54) is 18.0 Å². The number of nitro groups is 2. The molecule has 9 aromatic rings. The van der Waals surface area contributed by atoms with Gasteiger partial charge in [0.1, 0.15) is 93.8 Å². The number of halogens is 6. The molecule has 5 fully saturated rings. The van der Waals surface area contributed by atoms with Crippen molar-refractivity contribution in [2.24, 2.45) is 14.1 Å². The number of nitrogen functional groups attached to an aromatic ring is 1. The maximum atomic E-state index is 13.5. The smallest absolute Gasteiger partial charge is 0.290 e. The quantitative estimate of drug-likeness (QED) is 0.0372. The number of rotatable bonds is 15. The van der Waals surface area contributed by atoms with Crippen LogP contribution in [0.3, 0.4) is 0 Å². The van der Waals surface area contributed by atoms with E-state index in [1.807, 2.05) is 105 Å². The third kappa shape index (κ3) is 19.9. The largest absolute Gasteiger partial charge is 0.397 e. The number of nitrogens with one attached hydrogen (secondary N) is 2. The van der Waals surface area contributed by atoms with Crippen LogP contribution in [-0.2, 0) is 46.2 Å². The van der Waals surface area contributed by atoms with Gasteiger partial charge in [0.15, 0.2) is 0 Å². The van der Waals surface area contributed by atoms with Gasteiger partial charge in [0, 0.05) is 77.1 Å². The molecule has 0 bridgehead atoms. The average Bonchev–Trinajstić information content (AvgIpc) is 1.38. The third-order valence-electron chi connectivity index (χ3n) is 18.1. The third-order valence-corrected chi connectivity index (χ3v) is 18.5. The molecule has 0 saturated carbocycles. The van der Waals surface area contributed by atoms with Crippen molar-refractivity contribution in [2.75, 3.05) is 108 Å². The summed E-state index contributed by atoms with van der Waals surface area (Å²) in [7, 11) is 5.93. The first kappa shape index (κ1) is 75.7. The molecule has 0 radical (unpaired) electrons. The molecule has 0 aromatic carbocycles. The Morgan fingerprint density at radius 1 is 0.525 bits per heavy atom. The van der Waals surface area contributed by atoms with Crippen molar-refractivity contribution in [3.63, 3.8) is 0 Å². The van der Waals surface area contributed by atoms with Gasteiger partial charge >= 0.3 is 0 Å². The summed E-state index contributed by atoms with van der Waals surface area (Å²) in [5, 5.41) is 27.4. The molecule has 101 heavy (non-hydrogen) atoms. The number of nitrogens with two attached hydrogens (primary N) is 1. The van der Waals surface area contributed by atoms with Crippen molar-refractivity contribution in [1.29, 1.82) is 0 Å². The number of hydrogen-bond donors (Lipinski definition) is 3. The second kappa shape index (κ2) is 35.7. The molecule has 0 unspecified atom stereocenters. The van der Waals surface area contributed by atoms with Gasteiger partial charge in [0.2, 0.25) is 0 Å². The van der Waals surface area contributed by atoms with E-state index in [-0.39, 0.29) is 11.4 Å². The van der Waals surface area contributed by atoms with Gasteiger partial charge in [-0.05, 0) is 134 Å². The fourth-order valence-electron chi connectivity index (χ4n) is 12.2. The Morgan fingerprint density at radius 3 is 1.42 bits per heavy atom. The van der Waals surface area contributed by atoms with E-state index in [0.717, 1.165) is 125 Å². The van der Waals surface area contributed by atoms with Crippen LogP contribution in [0.1, 0.15) is 94.5 Å². The van der Waals surface area contributed by atoms with Crippen molar-refractivity contribution >= 4 is 101 Å². The summed E-state index contributed by atoms with van der Waals surface area (Å²) in [6.07, 6.45) is 18.2. The number of nitrogens with zero attached hydrogens (tertiary/aromatic N) is 18. The first-order valence-corrected chi connectivity index (χ1v) is 35.0. The van der Waals surface area contributed by atoms with Gasteiger partial charge in [-0.1, -0.05) is 34.6 Å². The lowest BCUT2D eigenvalue weighted by molar-refractivity contribution is -0.386. The lowest BCUT2D eigenvalue weighted by Gasteiger charge is -2.23. The molecule has 5 aliphatic heterocycles. The van der Waals surface area contributed by atoms with Gasteiger partial charge in [0.25, 0.3) is 11.4 Å². The molecule has 0 spiro atoms. The molecular formula is C70H89BrF5N21O4. The van der Waals surface area contributed by atoms with E-state index in [2.05, 4.69) is 98.3 Å². The first-order chi connectivity index (χ1) is 48.6. The van der Waals surface area contributed by atoms with E-state index in [9.17, 15) is 42.2 Å². The summed E-state index contributed by atoms with van der Waals surface area (Å²) < 4.78 is 69.5. The Bertz CT molecular complexity index is 4240. The van der Waals surface area contributed by atoms with Gasteiger partial charge in [-0.15, -0.1) is 0 Å². The lowest BCUT2D eigenvalue weighted by Crippen LogP contribution is -2.22. The molecule has 0 amide bonds. The maximum Gasteiger partial charge on any atom is 0.290 e. The zero-order chi connectivity index (χ0) is 72.4. The Hall–Kier alpha value is -9.52. The Labute approximate surface area is 592 Å². The van der Waals surface area contributed by atoms with E-state index in [0.29, 0.717) is 106 Å². The van der Waals surface area contributed by atoms with Crippen molar-refractivity contribution in [1.82, 2.24) is 59.3 Å². The molecular weight excluding hydrogens is 1370 g/mol. The summed E-state index contributed by atoms with van der Waals surface area (Å²) in [4.78, 5) is 69.0. The van der Waals surface area contributed by atoms with Crippen LogP contribution < -0.4 is 40.9 Å². The fourth-order valence-corrected chi connectivity index (χ4v) is 12.5. The number of pyridine rings is 7. The number of imidazole rings is 2. The standard InChI is InChI=1S/C19H23FN6.C18H21FN6.C11H14FN3O2.C11H16FN3.C7H7BrN2O2.C4H8FN/c1-4-13-7-19(26-6-5-14(20)11-26)22-10-17(13)25(3)18-8-16-15(9-21-18)23-12-24(16)2;1-3-12-6-18(25-5-4-13(19)10-25)21-8-14(12)23-17-7-16-15(9-20-17)22-11-24(16)2;1-2-8-5-11(13-6-10(8)15(16)17)14-4-3-9(12)7-14;1-2-8-5-11(14-6-10(8)13)15-4-3-9(12)7-15;1-2-5-3-7(8)9-4-6(5)10(11)12;5-4-1-2-6-3-4/h7-10,12,14H,4-6,11H2,1-3H3;6-9,11,13H,3-5,10H2,1-2H3,(H,20,23);5-6,9H,2-4,7H2,1H3;5-6,9H,2-4,7,13H2,1H3;3-4H,2H2,1H3;4,6H,1-3H2/t14-;13-;2*9-;;4-/m1111.1/s1. The summed E-state index contributed by atoms with van der Waals surface area (Å²) in [6, 6.07) is 13.4. The van der Waals surface area contributed by atoms with Gasteiger partial charge in [-0.2, -0.15) is 0 Å². The van der Waals surface area contributed by atoms with E-state index in [1.54, 1.807) is 43.4 Å². The highest BCUT2D eigenvalue weighted by Crippen LogP contribution is 2.33. The molecule has 4 N–H and O–H groups in total. The fraction of sp³-hybridized carbons (Fsp3) is 0.471. The van der Waals surface area contributed by atoms with Crippen molar-refractivity contribution in [2.45, 2.75) is 130 Å². The highest BCUT2D eigenvalue weighted by Gasteiger charge is 2.28. The SMILES string of the molecule is CCc1cc(Br)ncc1[N+](=O)[O-].CCc1cc(N2CC[C@@H](F)C2)ncc1N.CCc1cc(N2CC[C@@H](F)C2)ncc1N(C)c1cc2c(cn1)ncn2C.CCc1cc(N2CC[C@@H](F)C2)ncc1Nc1cc2c(cn1)ncn2C.CCc1cc(N2CC[C@@H](F)C2)ncc1[N+](=O)[O-].F[C@@H]1CCNC1. The van der Waals surface area contributed by atoms with Gasteiger partial charge in [-0.3, -0.25) is 20.2 Å². The molecule has 14 heterocycles. The van der Waals surface area contributed by atoms with Crippen molar-refractivity contribution in [3.8, 4) is 0 Å². The second-order valence-electron chi connectivity index (χ2n) is 25.1. The average molecular weight is 1460 g/mol. The summed E-state index contributed by atoms with van der Waals surface area (Å²) in [5.74, 6) is 4.78. The maximum absolute atomic E-state index is 13.5. The van der Waals surface area contributed by atoms with Crippen LogP contribution in [0.5, 0.6) is 0 Å². The van der Waals surface area contributed by atoms with Crippen LogP contribution in [-0.4, -0.2) is 167 Å². The highest BCUT2D eigenvalue weighted by molar-refractivity contribution is 9.10. The summed E-state index contributed by atoms with van der Waals surface area (Å²) in [6.45, 7) is 15.9. The van der Waals surface area contributed by atoms with Crippen LogP contribution in [0, 0.1) is 20.2 Å². The van der Waals surface area contributed by atoms with E-state index >= 15 is 0 Å². The monoisotopic (exact) mass is 1460 g/mol. The number of hydrogen-bond acceptors (Lipinski definition) is 21. The Balaban J connectivity index is 0.000000148. The van der Waals surface area contributed by atoms with Crippen LogP contribution >= 0.6 is 15.9 Å². The molecule has 5 atom stereocenters. The molecule has 5 aliphatic rings. The Kier molecular flexibility index (Phi) is 26.7. The summed E-state index contributed by atoms with van der Waals surface area (Å²) in [5.41, 5.74) is 17.1. The van der Waals surface area contributed by atoms with Crippen LogP contribution in [0.2, 0.25) is 0 Å². The van der Waals surface area contributed by atoms with Crippen LogP contribution in [0.4, 0.5) is 85.3 Å². The zero-order valence-corrected chi connectivity index (χ0v) is 59.9. The zero-order valence-electron chi connectivity index (χ0n) is 58.3. The highest BCUT2D eigenvalue weighted by atomic mass is 79.9. The van der Waals surface area contributed by atoms with E-state index in [4.69, 9.17) is 5.73 Å². The topological polar surface area (TPSA) is 278 Å². The minimum absolute atomic E-state index is 0.0345. The molecule has 9 aromatic heterocycles. The van der Waals surface area contributed by atoms with Crippen molar-refractivity contribution in [3.05, 3.63) is 151 Å². The van der Waals surface area contributed by atoms with Crippen LogP contribution in [0.15, 0.2) is 103 Å². The predicted octanol–water partition coefficient (Wildman–Crippen LogP) is 13.0. The molecule has 540 valence electrons. The number of aryl methyl sites for hydroxylation is 7. The Morgan fingerprint density at radius 2 is 0.960 bits per heavy atom. The molecule has 5 saturated heterocycles.